The number of fused-ring (bicyclic) bond motifs is 2. The first kappa shape index (κ1) is 15.0. The average Bonchev–Trinajstić information content (AvgIpc) is 3.08. The van der Waals surface area contributed by atoms with Crippen LogP contribution in [-0.2, 0) is 5.60 Å². The van der Waals surface area contributed by atoms with E-state index in [2.05, 4.69) is 14.1 Å². The van der Waals surface area contributed by atoms with Crippen LogP contribution < -0.4 is 10.1 Å². The van der Waals surface area contributed by atoms with E-state index in [9.17, 15) is 9.90 Å². The molecule has 24 heavy (non-hydrogen) atoms. The standard InChI is InChI=1S/C17H15N3O3S/c21-16(11-5-6-13-14(9-11)20-24-19-13)18-10-17(22)7-8-23-15-4-2-1-3-12(15)17/h1-6,9,22H,7-8,10H2,(H,18,21)/t17-/m0/s1. The number of ether oxygens (including phenoxy) is 1. The number of hydrogen-bond donors (Lipinski definition) is 2. The van der Waals surface area contributed by atoms with Crippen molar-refractivity contribution < 1.29 is 14.6 Å². The van der Waals surface area contributed by atoms with Crippen LogP contribution in [0, 0.1) is 0 Å². The molecule has 122 valence electrons. The second-order valence-corrected chi connectivity index (χ2v) is 6.31. The van der Waals surface area contributed by atoms with Crippen molar-refractivity contribution in [3.05, 3.63) is 53.6 Å². The van der Waals surface area contributed by atoms with Gasteiger partial charge in [0.1, 0.15) is 22.4 Å². The Hall–Kier alpha value is -2.51. The van der Waals surface area contributed by atoms with Crippen molar-refractivity contribution in [3.8, 4) is 5.75 Å². The van der Waals surface area contributed by atoms with Crippen LogP contribution in [0.3, 0.4) is 0 Å². The van der Waals surface area contributed by atoms with E-state index in [1.807, 2.05) is 24.3 Å². The maximum atomic E-state index is 12.4. The molecular weight excluding hydrogens is 326 g/mol. The van der Waals surface area contributed by atoms with Gasteiger partial charge < -0.3 is 15.2 Å². The van der Waals surface area contributed by atoms with E-state index < -0.39 is 5.60 Å². The lowest BCUT2D eigenvalue weighted by Gasteiger charge is -2.34. The molecule has 1 aromatic heterocycles. The van der Waals surface area contributed by atoms with Gasteiger partial charge in [0.05, 0.1) is 24.9 Å². The second kappa shape index (κ2) is 5.85. The van der Waals surface area contributed by atoms with E-state index in [1.54, 1.807) is 18.2 Å². The summed E-state index contributed by atoms with van der Waals surface area (Å²) in [6, 6.07) is 12.5. The Morgan fingerprint density at radius 2 is 2.08 bits per heavy atom. The zero-order valence-corrected chi connectivity index (χ0v) is 13.5. The van der Waals surface area contributed by atoms with Gasteiger partial charge in [-0.25, -0.2) is 0 Å². The van der Waals surface area contributed by atoms with Gasteiger partial charge in [-0.05, 0) is 24.3 Å². The second-order valence-electron chi connectivity index (χ2n) is 5.78. The molecule has 1 aliphatic heterocycles. The number of para-hydroxylation sites is 1. The van der Waals surface area contributed by atoms with Crippen LogP contribution in [-0.4, -0.2) is 32.9 Å². The third-order valence-corrected chi connectivity index (χ3v) is 4.78. The smallest absolute Gasteiger partial charge is 0.251 e. The molecule has 1 atom stereocenters. The molecule has 2 N–H and O–H groups in total. The number of aromatic nitrogens is 2. The topological polar surface area (TPSA) is 84.3 Å². The highest BCUT2D eigenvalue weighted by molar-refractivity contribution is 7.00. The van der Waals surface area contributed by atoms with E-state index in [-0.39, 0.29) is 12.5 Å². The summed E-state index contributed by atoms with van der Waals surface area (Å²) in [5, 5.41) is 13.8. The van der Waals surface area contributed by atoms with Crippen molar-refractivity contribution in [3.63, 3.8) is 0 Å². The molecule has 0 saturated carbocycles. The highest BCUT2D eigenvalue weighted by atomic mass is 32.1. The van der Waals surface area contributed by atoms with E-state index in [0.29, 0.717) is 35.4 Å². The van der Waals surface area contributed by atoms with Crippen LogP contribution in [0.15, 0.2) is 42.5 Å². The molecule has 0 aliphatic carbocycles. The quantitative estimate of drug-likeness (QED) is 0.762. The number of hydrogen-bond acceptors (Lipinski definition) is 6. The molecule has 3 aromatic rings. The minimum Gasteiger partial charge on any atom is -0.493 e. The lowest BCUT2D eigenvalue weighted by Crippen LogP contribution is -2.43. The van der Waals surface area contributed by atoms with Gasteiger partial charge in [0.2, 0.25) is 0 Å². The lowest BCUT2D eigenvalue weighted by atomic mass is 9.88. The van der Waals surface area contributed by atoms with Crippen molar-refractivity contribution in [2.75, 3.05) is 13.2 Å². The molecule has 2 aromatic carbocycles. The number of amides is 1. The maximum absolute atomic E-state index is 12.4. The first-order valence-corrected chi connectivity index (χ1v) is 8.34. The predicted octanol–water partition coefficient (Wildman–Crippen LogP) is 2.09. The molecule has 1 amide bonds. The van der Waals surface area contributed by atoms with E-state index in [4.69, 9.17) is 4.74 Å². The molecule has 7 heteroatoms. The number of nitrogens with one attached hydrogen (secondary N) is 1. The van der Waals surface area contributed by atoms with Gasteiger partial charge in [-0.1, -0.05) is 18.2 Å². The van der Waals surface area contributed by atoms with Crippen molar-refractivity contribution in [2.24, 2.45) is 0 Å². The number of carbonyl (C=O) groups is 1. The molecule has 0 saturated heterocycles. The highest BCUT2D eigenvalue weighted by Gasteiger charge is 2.35. The summed E-state index contributed by atoms with van der Waals surface area (Å²) in [5.41, 5.74) is 1.54. The fraction of sp³-hybridized carbons (Fsp3) is 0.235. The molecule has 1 aliphatic rings. The maximum Gasteiger partial charge on any atom is 0.251 e. The largest absolute Gasteiger partial charge is 0.493 e. The lowest BCUT2D eigenvalue weighted by molar-refractivity contribution is -0.00160. The SMILES string of the molecule is O=C(NC[C@@]1(O)CCOc2ccccc21)c1ccc2nsnc2c1. The van der Waals surface area contributed by atoms with Crippen molar-refractivity contribution in [2.45, 2.75) is 12.0 Å². The third kappa shape index (κ3) is 2.61. The van der Waals surface area contributed by atoms with Crippen LogP contribution in [0.1, 0.15) is 22.3 Å². The van der Waals surface area contributed by atoms with Gasteiger partial charge in [0, 0.05) is 17.5 Å². The van der Waals surface area contributed by atoms with Crippen LogP contribution in [0.5, 0.6) is 5.75 Å². The molecular formula is C17H15N3O3S. The van der Waals surface area contributed by atoms with Gasteiger partial charge in [0.25, 0.3) is 5.91 Å². The fourth-order valence-corrected chi connectivity index (χ4v) is 3.39. The minimum absolute atomic E-state index is 0.125. The van der Waals surface area contributed by atoms with Crippen LogP contribution in [0.2, 0.25) is 0 Å². The van der Waals surface area contributed by atoms with Gasteiger partial charge in [-0.3, -0.25) is 4.79 Å². The number of benzene rings is 2. The molecule has 0 bridgehead atoms. The third-order valence-electron chi connectivity index (χ3n) is 4.22. The predicted molar refractivity (Wildman–Crippen MR) is 90.2 cm³/mol. The number of aliphatic hydroxyl groups is 1. The minimum atomic E-state index is -1.13. The Morgan fingerprint density at radius 1 is 1.25 bits per heavy atom. The molecule has 6 nitrogen and oxygen atoms in total. The monoisotopic (exact) mass is 341 g/mol. The summed E-state index contributed by atoms with van der Waals surface area (Å²) < 4.78 is 13.8. The van der Waals surface area contributed by atoms with E-state index >= 15 is 0 Å². The zero-order chi connectivity index (χ0) is 16.6. The highest BCUT2D eigenvalue weighted by Crippen LogP contribution is 2.36. The molecule has 0 unspecified atom stereocenters. The van der Waals surface area contributed by atoms with Crippen molar-refractivity contribution >= 4 is 28.7 Å². The van der Waals surface area contributed by atoms with Crippen molar-refractivity contribution in [1.82, 2.24) is 14.1 Å². The summed E-state index contributed by atoms with van der Waals surface area (Å²) in [5.74, 6) is 0.415. The Kier molecular flexibility index (Phi) is 3.66. The molecule has 0 radical (unpaired) electrons. The number of nitrogens with zero attached hydrogens (tertiary/aromatic N) is 2. The molecule has 0 spiro atoms. The Bertz CT molecular complexity index is 911. The van der Waals surface area contributed by atoms with Crippen LogP contribution >= 0.6 is 11.7 Å². The Labute approximate surface area is 142 Å². The van der Waals surface area contributed by atoms with Crippen LogP contribution in [0.4, 0.5) is 0 Å². The summed E-state index contributed by atoms with van der Waals surface area (Å²) in [6.45, 7) is 0.541. The normalized spacial score (nSPS) is 19.5. The first-order chi connectivity index (χ1) is 11.7. The molecule has 2 heterocycles. The van der Waals surface area contributed by atoms with E-state index in [0.717, 1.165) is 17.2 Å². The van der Waals surface area contributed by atoms with Gasteiger partial charge in [0.15, 0.2) is 0 Å². The number of rotatable bonds is 3. The van der Waals surface area contributed by atoms with Gasteiger partial charge in [-0.15, -0.1) is 0 Å². The molecule has 0 fully saturated rings. The van der Waals surface area contributed by atoms with Crippen molar-refractivity contribution in [1.29, 1.82) is 0 Å². The van der Waals surface area contributed by atoms with Crippen LogP contribution in [0.25, 0.3) is 11.0 Å². The zero-order valence-electron chi connectivity index (χ0n) is 12.7. The summed E-state index contributed by atoms with van der Waals surface area (Å²) in [4.78, 5) is 12.4. The Balaban J connectivity index is 1.53. The summed E-state index contributed by atoms with van der Waals surface area (Å²) >= 11 is 1.12. The fourth-order valence-electron chi connectivity index (χ4n) is 2.88. The Morgan fingerprint density at radius 3 is 3.00 bits per heavy atom. The summed E-state index contributed by atoms with van der Waals surface area (Å²) in [6.07, 6.45) is 0.430. The average molecular weight is 341 g/mol. The number of carbonyl (C=O) groups excluding carboxylic acids is 1. The first-order valence-electron chi connectivity index (χ1n) is 7.61. The van der Waals surface area contributed by atoms with Gasteiger partial charge >= 0.3 is 0 Å². The van der Waals surface area contributed by atoms with Gasteiger partial charge in [-0.2, -0.15) is 8.75 Å². The van der Waals surface area contributed by atoms with E-state index in [1.165, 1.54) is 0 Å². The summed E-state index contributed by atoms with van der Waals surface area (Å²) in [7, 11) is 0. The molecule has 4 rings (SSSR count).